The Hall–Kier alpha value is -2.16. The van der Waals surface area contributed by atoms with Gasteiger partial charge < -0.3 is 15.2 Å². The fourth-order valence-electron chi connectivity index (χ4n) is 2.13. The molecular weight excluding hydrogens is 262 g/mol. The Balaban J connectivity index is 2.12. The molecule has 21 heavy (non-hydrogen) atoms. The van der Waals surface area contributed by atoms with Crippen molar-refractivity contribution in [3.63, 3.8) is 0 Å². The molecule has 0 fully saturated rings. The van der Waals surface area contributed by atoms with E-state index >= 15 is 0 Å². The molecule has 3 nitrogen and oxygen atoms in total. The molecule has 0 atom stereocenters. The van der Waals surface area contributed by atoms with Gasteiger partial charge in [0.05, 0.1) is 6.61 Å². The molecule has 2 rings (SSSR count). The Morgan fingerprint density at radius 3 is 2.57 bits per heavy atom. The lowest BCUT2D eigenvalue weighted by Gasteiger charge is -2.13. The molecule has 3 heteroatoms. The monoisotopic (exact) mass is 285 g/mol. The molecule has 2 aromatic carbocycles. The molecule has 2 N–H and O–H groups in total. The molecule has 0 bridgehead atoms. The van der Waals surface area contributed by atoms with Crippen molar-refractivity contribution in [1.82, 2.24) is 0 Å². The lowest BCUT2D eigenvalue weighted by atomic mass is 10.0. The number of nitrogen functional groups attached to an aromatic ring is 1. The van der Waals surface area contributed by atoms with Crippen LogP contribution in [0, 0.1) is 0 Å². The topological polar surface area (TPSA) is 44.5 Å². The minimum absolute atomic E-state index is 0.446. The molecule has 0 aliphatic rings. The largest absolute Gasteiger partial charge is 0.493 e. The second-order valence-corrected chi connectivity index (χ2v) is 5.32. The van der Waals surface area contributed by atoms with Gasteiger partial charge in [0.15, 0.2) is 0 Å². The Labute approximate surface area is 126 Å². The van der Waals surface area contributed by atoms with Crippen LogP contribution in [0.2, 0.25) is 0 Å². The quantitative estimate of drug-likeness (QED) is 0.801. The van der Waals surface area contributed by atoms with Gasteiger partial charge in [-0.25, -0.2) is 0 Å². The highest BCUT2D eigenvalue weighted by molar-refractivity contribution is 5.47. The number of nitrogens with two attached hydrogens (primary N) is 1. The zero-order chi connectivity index (χ0) is 15.2. The summed E-state index contributed by atoms with van der Waals surface area (Å²) in [5.74, 6) is 2.18. The predicted molar refractivity (Wildman–Crippen MR) is 86.9 cm³/mol. The third-order valence-corrected chi connectivity index (χ3v) is 3.30. The smallest absolute Gasteiger partial charge is 0.126 e. The first-order valence-corrected chi connectivity index (χ1v) is 7.34. The van der Waals surface area contributed by atoms with Crippen LogP contribution in [0.5, 0.6) is 11.5 Å². The highest BCUT2D eigenvalue weighted by atomic mass is 16.5. The number of hydrogen-bond donors (Lipinski definition) is 1. The normalized spacial score (nSPS) is 10.7. The van der Waals surface area contributed by atoms with Crippen molar-refractivity contribution in [2.24, 2.45) is 0 Å². The molecule has 2 aromatic rings. The van der Waals surface area contributed by atoms with Gasteiger partial charge in [-0.05, 0) is 48.7 Å². The van der Waals surface area contributed by atoms with Crippen LogP contribution < -0.4 is 15.2 Å². The molecule has 0 unspecified atom stereocenters. The van der Waals surface area contributed by atoms with E-state index in [1.807, 2.05) is 37.3 Å². The fourth-order valence-corrected chi connectivity index (χ4v) is 2.13. The standard InChI is InChI=1S/C18H23NO2/c1-4-20-18-9-8-16(19)10-15(18)12-21-17-7-5-6-14(11-17)13(2)3/h5-11,13H,4,12,19H2,1-3H3. The maximum Gasteiger partial charge on any atom is 0.126 e. The number of ether oxygens (including phenoxy) is 2. The summed E-state index contributed by atoms with van der Waals surface area (Å²) in [5.41, 5.74) is 8.79. The molecule has 0 saturated carbocycles. The Morgan fingerprint density at radius 1 is 1.05 bits per heavy atom. The summed E-state index contributed by atoms with van der Waals surface area (Å²) in [5, 5.41) is 0. The molecule has 0 radical (unpaired) electrons. The molecule has 0 saturated heterocycles. The fraction of sp³-hybridized carbons (Fsp3) is 0.333. The molecule has 0 aliphatic carbocycles. The Kier molecular flexibility index (Phi) is 5.09. The third-order valence-electron chi connectivity index (χ3n) is 3.30. The van der Waals surface area contributed by atoms with E-state index in [1.54, 1.807) is 0 Å². The maximum atomic E-state index is 5.89. The first kappa shape index (κ1) is 15.2. The van der Waals surface area contributed by atoms with Gasteiger partial charge in [-0.15, -0.1) is 0 Å². The van der Waals surface area contributed by atoms with E-state index in [-0.39, 0.29) is 0 Å². The summed E-state index contributed by atoms with van der Waals surface area (Å²) < 4.78 is 11.5. The van der Waals surface area contributed by atoms with Gasteiger partial charge in [-0.3, -0.25) is 0 Å². The summed E-state index contributed by atoms with van der Waals surface area (Å²) in [6.07, 6.45) is 0. The average Bonchev–Trinajstić information content (AvgIpc) is 2.48. The molecule has 0 heterocycles. The van der Waals surface area contributed by atoms with E-state index < -0.39 is 0 Å². The van der Waals surface area contributed by atoms with Gasteiger partial charge in [0.2, 0.25) is 0 Å². The zero-order valence-corrected chi connectivity index (χ0v) is 12.9. The number of anilines is 1. The van der Waals surface area contributed by atoms with E-state index in [0.29, 0.717) is 24.8 Å². The highest BCUT2D eigenvalue weighted by Gasteiger charge is 2.06. The molecule has 0 spiro atoms. The minimum Gasteiger partial charge on any atom is -0.493 e. The highest BCUT2D eigenvalue weighted by Crippen LogP contribution is 2.25. The Bertz CT molecular complexity index is 594. The van der Waals surface area contributed by atoms with Crippen LogP contribution in [0.1, 0.15) is 37.8 Å². The number of rotatable bonds is 6. The molecule has 0 amide bonds. The second-order valence-electron chi connectivity index (χ2n) is 5.32. The lowest BCUT2D eigenvalue weighted by Crippen LogP contribution is -2.02. The number of hydrogen-bond acceptors (Lipinski definition) is 3. The van der Waals surface area contributed by atoms with Crippen LogP contribution in [-0.4, -0.2) is 6.61 Å². The van der Waals surface area contributed by atoms with Crippen molar-refractivity contribution < 1.29 is 9.47 Å². The van der Waals surface area contributed by atoms with Crippen LogP contribution in [0.15, 0.2) is 42.5 Å². The van der Waals surface area contributed by atoms with Gasteiger partial charge in [0, 0.05) is 11.3 Å². The van der Waals surface area contributed by atoms with Crippen molar-refractivity contribution >= 4 is 5.69 Å². The van der Waals surface area contributed by atoms with Crippen LogP contribution in [-0.2, 0) is 6.61 Å². The Morgan fingerprint density at radius 2 is 1.86 bits per heavy atom. The predicted octanol–water partition coefficient (Wildman–Crippen LogP) is 4.37. The van der Waals surface area contributed by atoms with E-state index in [2.05, 4.69) is 26.0 Å². The van der Waals surface area contributed by atoms with Crippen LogP contribution in [0.3, 0.4) is 0 Å². The first-order chi connectivity index (χ1) is 10.1. The summed E-state index contributed by atoms with van der Waals surface area (Å²) in [6.45, 7) is 7.38. The van der Waals surface area contributed by atoms with Crippen molar-refractivity contribution in [2.75, 3.05) is 12.3 Å². The third kappa shape index (κ3) is 4.15. The summed E-state index contributed by atoms with van der Waals surface area (Å²) in [7, 11) is 0. The van der Waals surface area contributed by atoms with Crippen molar-refractivity contribution in [3.8, 4) is 11.5 Å². The van der Waals surface area contributed by atoms with Gasteiger partial charge >= 0.3 is 0 Å². The van der Waals surface area contributed by atoms with Crippen LogP contribution in [0.4, 0.5) is 5.69 Å². The van der Waals surface area contributed by atoms with E-state index in [9.17, 15) is 0 Å². The second kappa shape index (κ2) is 7.02. The minimum atomic E-state index is 0.446. The number of benzene rings is 2. The van der Waals surface area contributed by atoms with Gasteiger partial charge in [-0.1, -0.05) is 26.0 Å². The zero-order valence-electron chi connectivity index (χ0n) is 12.9. The van der Waals surface area contributed by atoms with Gasteiger partial charge in [0.25, 0.3) is 0 Å². The van der Waals surface area contributed by atoms with Gasteiger partial charge in [-0.2, -0.15) is 0 Å². The van der Waals surface area contributed by atoms with E-state index in [1.165, 1.54) is 5.56 Å². The lowest BCUT2D eigenvalue weighted by molar-refractivity contribution is 0.286. The summed E-state index contributed by atoms with van der Waals surface area (Å²) in [6, 6.07) is 13.8. The van der Waals surface area contributed by atoms with Crippen molar-refractivity contribution in [2.45, 2.75) is 33.3 Å². The molecule has 0 aromatic heterocycles. The van der Waals surface area contributed by atoms with E-state index in [4.69, 9.17) is 15.2 Å². The molecule has 0 aliphatic heterocycles. The van der Waals surface area contributed by atoms with Crippen LogP contribution >= 0.6 is 0 Å². The maximum absolute atomic E-state index is 5.89. The first-order valence-electron chi connectivity index (χ1n) is 7.34. The van der Waals surface area contributed by atoms with Crippen molar-refractivity contribution in [1.29, 1.82) is 0 Å². The SMILES string of the molecule is CCOc1ccc(N)cc1COc1cccc(C(C)C)c1. The summed E-state index contributed by atoms with van der Waals surface area (Å²) >= 11 is 0. The van der Waals surface area contributed by atoms with E-state index in [0.717, 1.165) is 17.1 Å². The average molecular weight is 285 g/mol. The molecule has 112 valence electrons. The van der Waals surface area contributed by atoms with Crippen molar-refractivity contribution in [3.05, 3.63) is 53.6 Å². The molecular formula is C18H23NO2. The summed E-state index contributed by atoms with van der Waals surface area (Å²) in [4.78, 5) is 0. The van der Waals surface area contributed by atoms with Crippen LogP contribution in [0.25, 0.3) is 0 Å². The van der Waals surface area contributed by atoms with Gasteiger partial charge in [0.1, 0.15) is 18.1 Å².